The molecule has 0 saturated carbocycles. The van der Waals surface area contributed by atoms with E-state index >= 15 is 0 Å². The molecule has 0 bridgehead atoms. The smallest absolute Gasteiger partial charge is 0.275 e. The van der Waals surface area contributed by atoms with E-state index in [1.807, 2.05) is 0 Å². The Morgan fingerprint density at radius 3 is 2.82 bits per heavy atom. The third kappa shape index (κ3) is 2.25. The van der Waals surface area contributed by atoms with Gasteiger partial charge in [-0.15, -0.1) is 0 Å². The fraction of sp³-hybridized carbons (Fsp3) is 0.0714. The number of nitrogens with zero attached hydrogens (tertiary/aromatic N) is 2. The number of fused-ring (bicyclic) bond motifs is 1. The van der Waals surface area contributed by atoms with Gasteiger partial charge >= 0.3 is 0 Å². The van der Waals surface area contributed by atoms with E-state index < -0.39 is 10.7 Å². The molecule has 1 N–H and O–H groups in total. The van der Waals surface area contributed by atoms with Crippen molar-refractivity contribution in [2.45, 2.75) is 0 Å². The molecule has 3 rings (SSSR count). The van der Waals surface area contributed by atoms with Crippen molar-refractivity contribution in [1.82, 2.24) is 9.97 Å². The van der Waals surface area contributed by atoms with Gasteiger partial charge in [0, 0.05) is 6.07 Å². The highest BCUT2D eigenvalue weighted by atomic mass is 35.5. The average molecular weight is 322 g/mol. The number of aromatic nitrogens is 2. The molecule has 0 aliphatic rings. The quantitative estimate of drug-likeness (QED) is 0.585. The van der Waals surface area contributed by atoms with E-state index in [4.69, 9.17) is 16.3 Å². The molecule has 0 saturated heterocycles. The topological polar surface area (TPSA) is 81.1 Å². The second kappa shape index (κ2) is 5.27. The number of hydrogen-bond donors (Lipinski definition) is 1. The number of ether oxygens (including phenoxy) is 1. The number of aromatic amines is 1. The summed E-state index contributed by atoms with van der Waals surface area (Å²) in [7, 11) is 1.38. The first-order valence-electron chi connectivity index (χ1n) is 6.18. The number of imidazole rings is 1. The van der Waals surface area contributed by atoms with Gasteiger partial charge < -0.3 is 9.72 Å². The molecule has 3 aromatic rings. The number of halogens is 2. The SMILES string of the molecule is COc1cc([N+](=O)[O-])cc2nc(-c3c(F)cccc3Cl)[nH]c12. The number of nitro groups is 1. The lowest BCUT2D eigenvalue weighted by Gasteiger charge is -2.02. The van der Waals surface area contributed by atoms with E-state index in [0.29, 0.717) is 11.0 Å². The summed E-state index contributed by atoms with van der Waals surface area (Å²) in [6.45, 7) is 0. The zero-order valence-electron chi connectivity index (χ0n) is 11.3. The summed E-state index contributed by atoms with van der Waals surface area (Å²) >= 11 is 6.01. The molecule has 0 aliphatic heterocycles. The number of H-pyrrole nitrogens is 1. The van der Waals surface area contributed by atoms with Crippen LogP contribution in [0.5, 0.6) is 5.75 Å². The van der Waals surface area contributed by atoms with Crippen molar-refractivity contribution < 1.29 is 14.1 Å². The van der Waals surface area contributed by atoms with Crippen LogP contribution in [0.3, 0.4) is 0 Å². The molecule has 1 heterocycles. The molecule has 112 valence electrons. The van der Waals surface area contributed by atoms with Crippen LogP contribution in [0.4, 0.5) is 10.1 Å². The summed E-state index contributed by atoms with van der Waals surface area (Å²) in [5.74, 6) is -0.118. The highest BCUT2D eigenvalue weighted by Crippen LogP contribution is 2.34. The number of methoxy groups -OCH3 is 1. The molecule has 22 heavy (non-hydrogen) atoms. The fourth-order valence-corrected chi connectivity index (χ4v) is 2.43. The number of rotatable bonds is 3. The Hall–Kier alpha value is -2.67. The maximum absolute atomic E-state index is 14.0. The predicted octanol–water partition coefficient (Wildman–Crippen LogP) is 3.94. The molecule has 0 fully saturated rings. The van der Waals surface area contributed by atoms with Crippen LogP contribution in [0.2, 0.25) is 5.02 Å². The minimum atomic E-state index is -0.549. The Morgan fingerprint density at radius 2 is 2.18 bits per heavy atom. The normalized spacial score (nSPS) is 10.9. The fourth-order valence-electron chi connectivity index (χ4n) is 2.18. The lowest BCUT2D eigenvalue weighted by molar-refractivity contribution is -0.384. The Labute approximate surface area is 128 Å². The standard InChI is InChI=1S/C14H9ClFN3O3/c1-22-11-6-7(19(20)21)5-10-13(11)18-14(17-10)12-8(15)3-2-4-9(12)16/h2-6H,1H3,(H,17,18). The molecule has 1 aromatic heterocycles. The molecular formula is C14H9ClFN3O3. The maximum Gasteiger partial charge on any atom is 0.275 e. The molecule has 0 aliphatic carbocycles. The Morgan fingerprint density at radius 1 is 1.41 bits per heavy atom. The van der Waals surface area contributed by atoms with E-state index in [1.54, 1.807) is 0 Å². The molecule has 0 radical (unpaired) electrons. The number of nitrogens with one attached hydrogen (secondary N) is 1. The van der Waals surface area contributed by atoms with Crippen molar-refractivity contribution in [3.8, 4) is 17.1 Å². The van der Waals surface area contributed by atoms with E-state index in [0.717, 1.165) is 0 Å². The molecule has 0 amide bonds. The summed E-state index contributed by atoms with van der Waals surface area (Å²) in [6, 6.07) is 6.83. The largest absolute Gasteiger partial charge is 0.494 e. The van der Waals surface area contributed by atoms with Crippen LogP contribution in [0.25, 0.3) is 22.4 Å². The van der Waals surface area contributed by atoms with Gasteiger partial charge in [0.25, 0.3) is 5.69 Å². The van der Waals surface area contributed by atoms with Gasteiger partial charge in [-0.25, -0.2) is 9.37 Å². The van der Waals surface area contributed by atoms with E-state index in [1.165, 1.54) is 37.4 Å². The summed E-state index contributed by atoms with van der Waals surface area (Å²) in [6.07, 6.45) is 0. The van der Waals surface area contributed by atoms with Gasteiger partial charge in [-0.2, -0.15) is 0 Å². The number of non-ortho nitro benzene ring substituents is 1. The van der Waals surface area contributed by atoms with Gasteiger partial charge in [0.05, 0.1) is 34.2 Å². The molecule has 6 nitrogen and oxygen atoms in total. The van der Waals surface area contributed by atoms with Crippen molar-refractivity contribution in [3.05, 3.63) is 51.3 Å². The van der Waals surface area contributed by atoms with Gasteiger partial charge in [-0.1, -0.05) is 17.7 Å². The summed E-state index contributed by atoms with van der Waals surface area (Å²) < 4.78 is 19.1. The summed E-state index contributed by atoms with van der Waals surface area (Å²) in [5.41, 5.74) is 0.662. The van der Waals surface area contributed by atoms with Crippen LogP contribution in [0.1, 0.15) is 0 Å². The van der Waals surface area contributed by atoms with Crippen molar-refractivity contribution in [1.29, 1.82) is 0 Å². The van der Waals surface area contributed by atoms with Crippen molar-refractivity contribution in [3.63, 3.8) is 0 Å². The van der Waals surface area contributed by atoms with Crippen molar-refractivity contribution in [2.75, 3.05) is 7.11 Å². The number of nitro benzene ring substituents is 1. The zero-order chi connectivity index (χ0) is 15.9. The van der Waals surface area contributed by atoms with Crippen LogP contribution in [0, 0.1) is 15.9 Å². The van der Waals surface area contributed by atoms with Crippen molar-refractivity contribution >= 4 is 28.3 Å². The van der Waals surface area contributed by atoms with Crippen LogP contribution >= 0.6 is 11.6 Å². The van der Waals surface area contributed by atoms with Gasteiger partial charge in [0.15, 0.2) is 5.75 Å². The van der Waals surface area contributed by atoms with Gasteiger partial charge in [0.2, 0.25) is 0 Å². The van der Waals surface area contributed by atoms with Gasteiger partial charge in [-0.05, 0) is 12.1 Å². The first kappa shape index (κ1) is 14.3. The maximum atomic E-state index is 14.0. The monoisotopic (exact) mass is 321 g/mol. The van der Waals surface area contributed by atoms with Crippen LogP contribution in [-0.2, 0) is 0 Å². The molecule has 0 atom stereocenters. The summed E-state index contributed by atoms with van der Waals surface area (Å²) in [4.78, 5) is 17.5. The van der Waals surface area contributed by atoms with Gasteiger partial charge in [-0.3, -0.25) is 10.1 Å². The first-order chi connectivity index (χ1) is 10.5. The number of hydrogen-bond acceptors (Lipinski definition) is 4. The third-order valence-electron chi connectivity index (χ3n) is 3.17. The Kier molecular flexibility index (Phi) is 3.42. The van der Waals surface area contributed by atoms with Crippen LogP contribution in [0.15, 0.2) is 30.3 Å². The second-order valence-electron chi connectivity index (χ2n) is 4.48. The molecular weight excluding hydrogens is 313 g/mol. The third-order valence-corrected chi connectivity index (χ3v) is 3.49. The Balaban J connectivity index is 2.28. The lowest BCUT2D eigenvalue weighted by Crippen LogP contribution is -1.91. The lowest BCUT2D eigenvalue weighted by atomic mass is 10.2. The van der Waals surface area contributed by atoms with Crippen LogP contribution < -0.4 is 4.74 Å². The molecule has 8 heteroatoms. The highest BCUT2D eigenvalue weighted by Gasteiger charge is 2.19. The van der Waals surface area contributed by atoms with E-state index in [9.17, 15) is 14.5 Å². The minimum absolute atomic E-state index is 0.102. The van der Waals surface area contributed by atoms with E-state index in [2.05, 4.69) is 9.97 Å². The highest BCUT2D eigenvalue weighted by molar-refractivity contribution is 6.33. The summed E-state index contributed by atoms with van der Waals surface area (Å²) in [5, 5.41) is 11.1. The predicted molar refractivity (Wildman–Crippen MR) is 79.7 cm³/mol. The van der Waals surface area contributed by atoms with Gasteiger partial charge in [0.1, 0.15) is 17.2 Å². The Bertz CT molecular complexity index is 874. The van der Waals surface area contributed by atoms with Crippen molar-refractivity contribution in [2.24, 2.45) is 0 Å². The molecule has 2 aromatic carbocycles. The first-order valence-corrected chi connectivity index (χ1v) is 6.55. The number of benzene rings is 2. The molecule has 0 unspecified atom stereocenters. The minimum Gasteiger partial charge on any atom is -0.494 e. The average Bonchev–Trinajstić information content (AvgIpc) is 2.89. The molecule has 0 spiro atoms. The zero-order valence-corrected chi connectivity index (χ0v) is 12.0. The van der Waals surface area contributed by atoms with E-state index in [-0.39, 0.29) is 27.8 Å². The van der Waals surface area contributed by atoms with Crippen LogP contribution in [-0.4, -0.2) is 22.0 Å². The second-order valence-corrected chi connectivity index (χ2v) is 4.89.